The van der Waals surface area contributed by atoms with Crippen molar-refractivity contribution in [3.05, 3.63) is 54.0 Å². The van der Waals surface area contributed by atoms with Gasteiger partial charge >= 0.3 is 6.03 Å². The van der Waals surface area contributed by atoms with Gasteiger partial charge in [0.05, 0.1) is 12.8 Å². The van der Waals surface area contributed by atoms with Crippen LogP contribution in [-0.4, -0.2) is 41.2 Å². The van der Waals surface area contributed by atoms with Crippen molar-refractivity contribution < 1.29 is 23.8 Å². The molecule has 1 fully saturated rings. The molecule has 1 aromatic carbocycles. The number of amides is 3. The van der Waals surface area contributed by atoms with Crippen molar-refractivity contribution >= 4 is 11.9 Å². The van der Waals surface area contributed by atoms with Crippen LogP contribution >= 0.6 is 0 Å². The molecule has 1 aromatic heterocycles. The highest BCUT2D eigenvalue weighted by Gasteiger charge is 2.51. The number of hydrogen-bond acceptors (Lipinski definition) is 5. The highest BCUT2D eigenvalue weighted by atomic mass is 16.5. The van der Waals surface area contributed by atoms with Gasteiger partial charge in [-0.3, -0.25) is 9.69 Å². The number of imide groups is 1. The number of β-amino-alcohol motifs (C(OH)–C–C–N with tert-alkyl or cyclic N) is 1. The minimum Gasteiger partial charge on any atom is -0.491 e. The van der Waals surface area contributed by atoms with E-state index in [0.717, 1.165) is 11.3 Å². The number of nitrogens with zero attached hydrogens (tertiary/aromatic N) is 1. The fraction of sp³-hybridized carbons (Fsp3) is 0.520. The third-order valence-electron chi connectivity index (χ3n) is 5.73. The summed E-state index contributed by atoms with van der Waals surface area (Å²) in [5, 5.41) is 13.0. The molecule has 0 saturated carbocycles. The Morgan fingerprint density at radius 1 is 1.12 bits per heavy atom. The number of rotatable bonds is 8. The zero-order valence-corrected chi connectivity index (χ0v) is 19.8. The SMILES string of the molecule is CC(C)(C)CC(C)(C)c1ccc(OCC(O)CN2C(=O)NC(C)(c3ccco3)C2=O)cc1. The van der Waals surface area contributed by atoms with E-state index in [-0.39, 0.29) is 24.0 Å². The predicted octanol–water partition coefficient (Wildman–Crippen LogP) is 4.20. The van der Waals surface area contributed by atoms with E-state index in [0.29, 0.717) is 11.5 Å². The van der Waals surface area contributed by atoms with Crippen LogP contribution in [0.2, 0.25) is 0 Å². The van der Waals surface area contributed by atoms with Crippen LogP contribution in [-0.2, 0) is 15.7 Å². The summed E-state index contributed by atoms with van der Waals surface area (Å²) in [6.07, 6.45) is 1.46. The lowest BCUT2D eigenvalue weighted by atomic mass is 9.72. The van der Waals surface area contributed by atoms with E-state index >= 15 is 0 Å². The molecule has 2 aromatic rings. The van der Waals surface area contributed by atoms with Gasteiger partial charge in [-0.2, -0.15) is 0 Å². The van der Waals surface area contributed by atoms with Gasteiger partial charge in [0.1, 0.15) is 24.2 Å². The number of aliphatic hydroxyl groups is 1. The van der Waals surface area contributed by atoms with E-state index in [2.05, 4.69) is 39.9 Å². The molecule has 2 unspecified atom stereocenters. The topological polar surface area (TPSA) is 92.0 Å². The van der Waals surface area contributed by atoms with Crippen LogP contribution in [0.5, 0.6) is 5.75 Å². The quantitative estimate of drug-likeness (QED) is 0.598. The highest BCUT2D eigenvalue weighted by Crippen LogP contribution is 2.36. The molecule has 1 aliphatic rings. The highest BCUT2D eigenvalue weighted by molar-refractivity contribution is 6.06. The standard InChI is InChI=1S/C25H34N2O5/c1-23(2,3)16-24(4,5)17-9-11-19(12-10-17)32-15-18(28)14-27-21(29)25(6,26-22(27)30)20-8-7-13-31-20/h7-13,18,28H,14-16H2,1-6H3,(H,26,30). The fourth-order valence-corrected chi connectivity index (χ4v) is 4.48. The lowest BCUT2D eigenvalue weighted by Crippen LogP contribution is -2.42. The number of aliphatic hydroxyl groups excluding tert-OH is 1. The summed E-state index contributed by atoms with van der Waals surface area (Å²) in [6, 6.07) is 10.6. The molecule has 0 radical (unpaired) electrons. The van der Waals surface area contributed by atoms with Crippen LogP contribution in [0.15, 0.2) is 47.1 Å². The summed E-state index contributed by atoms with van der Waals surface area (Å²) < 4.78 is 11.0. The summed E-state index contributed by atoms with van der Waals surface area (Å²) in [5.41, 5.74) is 0.184. The number of carbonyl (C=O) groups is 2. The average molecular weight is 443 g/mol. The van der Waals surface area contributed by atoms with Crippen LogP contribution in [0.1, 0.15) is 59.3 Å². The molecule has 3 amide bonds. The van der Waals surface area contributed by atoms with E-state index in [4.69, 9.17) is 9.15 Å². The molecule has 32 heavy (non-hydrogen) atoms. The normalized spacial score (nSPS) is 20.4. The second kappa shape index (κ2) is 8.62. The Bertz CT molecular complexity index is 944. The first kappa shape index (κ1) is 23.9. The van der Waals surface area contributed by atoms with Crippen molar-refractivity contribution in [3.63, 3.8) is 0 Å². The van der Waals surface area contributed by atoms with E-state index in [1.807, 2.05) is 24.3 Å². The van der Waals surface area contributed by atoms with Crippen LogP contribution in [0.4, 0.5) is 4.79 Å². The number of urea groups is 1. The number of hydrogen-bond donors (Lipinski definition) is 2. The lowest BCUT2D eigenvalue weighted by Gasteiger charge is -2.33. The number of carbonyl (C=O) groups excluding carboxylic acids is 2. The molecule has 7 nitrogen and oxygen atoms in total. The number of ether oxygens (including phenoxy) is 1. The summed E-state index contributed by atoms with van der Waals surface area (Å²) in [5.74, 6) is 0.498. The third-order valence-corrected chi connectivity index (χ3v) is 5.73. The average Bonchev–Trinajstić information content (AvgIpc) is 3.30. The maximum atomic E-state index is 12.8. The molecule has 2 heterocycles. The maximum absolute atomic E-state index is 12.8. The first-order valence-corrected chi connectivity index (χ1v) is 10.9. The van der Waals surface area contributed by atoms with Crippen LogP contribution in [0.3, 0.4) is 0 Å². The first-order chi connectivity index (χ1) is 14.8. The van der Waals surface area contributed by atoms with E-state index in [1.165, 1.54) is 11.8 Å². The van der Waals surface area contributed by atoms with Gasteiger partial charge in [0.15, 0.2) is 5.54 Å². The Balaban J connectivity index is 1.57. The van der Waals surface area contributed by atoms with Crippen molar-refractivity contribution in [2.45, 2.75) is 65.0 Å². The fourth-order valence-electron chi connectivity index (χ4n) is 4.48. The summed E-state index contributed by atoms with van der Waals surface area (Å²) in [7, 11) is 0. The molecule has 0 spiro atoms. The van der Waals surface area contributed by atoms with Crippen molar-refractivity contribution in [3.8, 4) is 5.75 Å². The van der Waals surface area contributed by atoms with Crippen molar-refractivity contribution in [1.29, 1.82) is 0 Å². The molecular weight excluding hydrogens is 408 g/mol. The minimum atomic E-state index is -1.28. The Morgan fingerprint density at radius 3 is 2.34 bits per heavy atom. The molecule has 0 bridgehead atoms. The smallest absolute Gasteiger partial charge is 0.325 e. The summed E-state index contributed by atoms with van der Waals surface area (Å²) in [6.45, 7) is 12.5. The Kier molecular flexibility index (Phi) is 6.43. The number of furan rings is 1. The largest absolute Gasteiger partial charge is 0.491 e. The number of nitrogens with one attached hydrogen (secondary N) is 1. The Labute approximate surface area is 189 Å². The Morgan fingerprint density at radius 2 is 1.78 bits per heavy atom. The van der Waals surface area contributed by atoms with Gasteiger partial charge in [-0.15, -0.1) is 0 Å². The summed E-state index contributed by atoms with van der Waals surface area (Å²) >= 11 is 0. The minimum absolute atomic E-state index is 0.0282. The van der Waals surface area contributed by atoms with E-state index < -0.39 is 23.6 Å². The first-order valence-electron chi connectivity index (χ1n) is 10.9. The maximum Gasteiger partial charge on any atom is 0.325 e. The van der Waals surface area contributed by atoms with Gasteiger partial charge in [0, 0.05) is 0 Å². The van der Waals surface area contributed by atoms with Gasteiger partial charge in [0.2, 0.25) is 0 Å². The zero-order valence-electron chi connectivity index (χ0n) is 19.8. The van der Waals surface area contributed by atoms with Gasteiger partial charge in [-0.25, -0.2) is 4.79 Å². The second-order valence-electron chi connectivity index (χ2n) is 10.6. The molecule has 174 valence electrons. The van der Waals surface area contributed by atoms with Gasteiger partial charge in [-0.1, -0.05) is 46.8 Å². The molecule has 7 heteroatoms. The van der Waals surface area contributed by atoms with Crippen LogP contribution < -0.4 is 10.1 Å². The van der Waals surface area contributed by atoms with E-state index in [9.17, 15) is 14.7 Å². The van der Waals surface area contributed by atoms with Crippen molar-refractivity contribution in [2.75, 3.05) is 13.2 Å². The Hall–Kier alpha value is -2.80. The predicted molar refractivity (Wildman–Crippen MR) is 121 cm³/mol. The number of benzene rings is 1. The van der Waals surface area contributed by atoms with Gasteiger partial charge in [0.25, 0.3) is 5.91 Å². The molecule has 2 atom stereocenters. The van der Waals surface area contributed by atoms with Crippen LogP contribution in [0, 0.1) is 5.41 Å². The molecule has 0 aliphatic carbocycles. The third kappa shape index (κ3) is 5.15. The van der Waals surface area contributed by atoms with Gasteiger partial charge < -0.3 is 19.6 Å². The van der Waals surface area contributed by atoms with Crippen molar-refractivity contribution in [2.24, 2.45) is 5.41 Å². The lowest BCUT2D eigenvalue weighted by molar-refractivity contribution is -0.132. The van der Waals surface area contributed by atoms with Crippen LogP contribution in [0.25, 0.3) is 0 Å². The van der Waals surface area contributed by atoms with Crippen molar-refractivity contribution in [1.82, 2.24) is 10.2 Å². The summed E-state index contributed by atoms with van der Waals surface area (Å²) in [4.78, 5) is 26.1. The zero-order chi connectivity index (χ0) is 23.7. The monoisotopic (exact) mass is 442 g/mol. The molecule has 1 saturated heterocycles. The molecular formula is C25H34N2O5. The molecule has 1 aliphatic heterocycles. The second-order valence-corrected chi connectivity index (χ2v) is 10.6. The van der Waals surface area contributed by atoms with Gasteiger partial charge in [-0.05, 0) is 54.0 Å². The van der Waals surface area contributed by atoms with E-state index in [1.54, 1.807) is 19.1 Å². The molecule has 2 N–H and O–H groups in total. The molecule has 3 rings (SSSR count).